The summed E-state index contributed by atoms with van der Waals surface area (Å²) in [6.07, 6.45) is 0.520. The minimum Gasteiger partial charge on any atom is -0.495 e. The van der Waals surface area contributed by atoms with Gasteiger partial charge in [-0.1, -0.05) is 25.4 Å². The van der Waals surface area contributed by atoms with Crippen molar-refractivity contribution in [2.45, 2.75) is 39.3 Å². The van der Waals surface area contributed by atoms with Crippen molar-refractivity contribution in [3.05, 3.63) is 22.7 Å². The van der Waals surface area contributed by atoms with Crippen LogP contribution in [-0.2, 0) is 0 Å². The van der Waals surface area contributed by atoms with E-state index in [-0.39, 0.29) is 17.6 Å². The molecule has 2 N–H and O–H groups in total. The molecule has 0 amide bonds. The van der Waals surface area contributed by atoms with Crippen LogP contribution in [0.5, 0.6) is 5.75 Å². The van der Waals surface area contributed by atoms with Crippen LogP contribution in [0.1, 0.15) is 25.8 Å². The first-order valence-electron chi connectivity index (χ1n) is 6.15. The number of benzene rings is 1. The van der Waals surface area contributed by atoms with E-state index in [1.54, 1.807) is 7.11 Å². The van der Waals surface area contributed by atoms with E-state index in [9.17, 15) is 5.11 Å². The molecule has 0 heterocycles. The quantitative estimate of drug-likeness (QED) is 0.885. The Kier molecular flexibility index (Phi) is 3.47. The molecule has 100 valence electrons. The second-order valence-electron chi connectivity index (χ2n) is 5.57. The van der Waals surface area contributed by atoms with Crippen LogP contribution >= 0.6 is 11.6 Å². The number of hydrogen-bond donors (Lipinski definition) is 2. The van der Waals surface area contributed by atoms with Crippen molar-refractivity contribution in [3.8, 4) is 5.75 Å². The fraction of sp³-hybridized carbons (Fsp3) is 0.571. The Balaban J connectivity index is 2.22. The number of anilines is 1. The van der Waals surface area contributed by atoms with Gasteiger partial charge in [-0.05, 0) is 25.0 Å². The molecular weight excluding hydrogens is 250 g/mol. The molecule has 2 atom stereocenters. The second-order valence-corrected chi connectivity index (χ2v) is 5.98. The Morgan fingerprint density at radius 1 is 1.44 bits per heavy atom. The molecule has 1 aliphatic rings. The van der Waals surface area contributed by atoms with E-state index in [0.29, 0.717) is 5.02 Å². The van der Waals surface area contributed by atoms with Crippen molar-refractivity contribution in [1.82, 2.24) is 0 Å². The third-order valence-corrected chi connectivity index (χ3v) is 4.43. The average molecular weight is 270 g/mol. The SMILES string of the molecule is COc1cc(Cl)c(C)cc1NC1CC(O)C1(C)C. The summed E-state index contributed by atoms with van der Waals surface area (Å²) < 4.78 is 5.34. The molecule has 2 rings (SSSR count). The second kappa shape index (κ2) is 4.63. The van der Waals surface area contributed by atoms with Gasteiger partial charge < -0.3 is 15.2 Å². The molecule has 0 aliphatic heterocycles. The highest BCUT2D eigenvalue weighted by atomic mass is 35.5. The summed E-state index contributed by atoms with van der Waals surface area (Å²) >= 11 is 6.08. The van der Waals surface area contributed by atoms with Crippen LogP contribution in [0.4, 0.5) is 5.69 Å². The van der Waals surface area contributed by atoms with Gasteiger partial charge in [0.25, 0.3) is 0 Å². The summed E-state index contributed by atoms with van der Waals surface area (Å²) in [5.41, 5.74) is 1.83. The fourth-order valence-corrected chi connectivity index (χ4v) is 2.43. The molecule has 0 saturated heterocycles. The highest BCUT2D eigenvalue weighted by molar-refractivity contribution is 6.31. The van der Waals surface area contributed by atoms with Crippen molar-refractivity contribution in [2.24, 2.45) is 5.41 Å². The summed E-state index contributed by atoms with van der Waals surface area (Å²) in [6.45, 7) is 6.09. The molecule has 1 saturated carbocycles. The monoisotopic (exact) mass is 269 g/mol. The molecule has 18 heavy (non-hydrogen) atoms. The number of aliphatic hydroxyl groups excluding tert-OH is 1. The number of methoxy groups -OCH3 is 1. The molecule has 1 aromatic rings. The molecule has 0 aromatic heterocycles. The summed E-state index contributed by atoms with van der Waals surface area (Å²) in [7, 11) is 1.63. The number of hydrogen-bond acceptors (Lipinski definition) is 3. The summed E-state index contributed by atoms with van der Waals surface area (Å²) in [5.74, 6) is 0.739. The predicted octanol–water partition coefficient (Wildman–Crippen LogP) is 3.23. The molecule has 4 heteroatoms. The van der Waals surface area contributed by atoms with Crippen molar-refractivity contribution in [3.63, 3.8) is 0 Å². The van der Waals surface area contributed by atoms with Crippen molar-refractivity contribution < 1.29 is 9.84 Å². The normalized spacial score (nSPS) is 25.4. The first kappa shape index (κ1) is 13.5. The zero-order valence-electron chi connectivity index (χ0n) is 11.2. The van der Waals surface area contributed by atoms with E-state index < -0.39 is 0 Å². The van der Waals surface area contributed by atoms with Crippen LogP contribution in [-0.4, -0.2) is 24.4 Å². The molecule has 0 spiro atoms. The summed E-state index contributed by atoms with van der Waals surface area (Å²) in [5, 5.41) is 13.9. The van der Waals surface area contributed by atoms with E-state index in [1.807, 2.05) is 19.1 Å². The fourth-order valence-electron chi connectivity index (χ4n) is 2.28. The standard InChI is InChI=1S/C14H20ClNO2/c1-8-5-10(11(18-4)6-9(8)15)16-12-7-13(17)14(12,2)3/h5-6,12-13,16-17H,7H2,1-4H3. The van der Waals surface area contributed by atoms with Gasteiger partial charge in [0.05, 0.1) is 18.9 Å². The van der Waals surface area contributed by atoms with Gasteiger partial charge in [-0.2, -0.15) is 0 Å². The maximum Gasteiger partial charge on any atom is 0.143 e. The van der Waals surface area contributed by atoms with Gasteiger partial charge in [-0.15, -0.1) is 0 Å². The average Bonchev–Trinajstić information content (AvgIpc) is 2.33. The highest BCUT2D eigenvalue weighted by Crippen LogP contribution is 2.43. The lowest BCUT2D eigenvalue weighted by Crippen LogP contribution is -2.56. The first-order chi connectivity index (χ1) is 8.36. The zero-order chi connectivity index (χ0) is 13.5. The summed E-state index contributed by atoms with van der Waals surface area (Å²) in [4.78, 5) is 0. The lowest BCUT2D eigenvalue weighted by Gasteiger charge is -2.50. The Bertz CT molecular complexity index is 459. The molecule has 1 aliphatic carbocycles. The van der Waals surface area contributed by atoms with Crippen molar-refractivity contribution >= 4 is 17.3 Å². The third-order valence-electron chi connectivity index (χ3n) is 4.03. The first-order valence-corrected chi connectivity index (χ1v) is 6.52. The number of halogens is 1. The minimum absolute atomic E-state index is 0.113. The topological polar surface area (TPSA) is 41.5 Å². The third kappa shape index (κ3) is 2.17. The van der Waals surface area contributed by atoms with Crippen LogP contribution in [0.15, 0.2) is 12.1 Å². The van der Waals surface area contributed by atoms with Gasteiger partial charge >= 0.3 is 0 Å². The molecular formula is C14H20ClNO2. The lowest BCUT2D eigenvalue weighted by atomic mass is 9.64. The van der Waals surface area contributed by atoms with Gasteiger partial charge in [0.2, 0.25) is 0 Å². The summed E-state index contributed by atoms with van der Waals surface area (Å²) in [6, 6.07) is 4.06. The molecule has 0 bridgehead atoms. The molecule has 1 aromatic carbocycles. The lowest BCUT2D eigenvalue weighted by molar-refractivity contribution is -0.0511. The largest absolute Gasteiger partial charge is 0.495 e. The van der Waals surface area contributed by atoms with E-state index in [4.69, 9.17) is 16.3 Å². The Morgan fingerprint density at radius 3 is 2.61 bits per heavy atom. The predicted molar refractivity (Wildman–Crippen MR) is 74.6 cm³/mol. The van der Waals surface area contributed by atoms with Crippen molar-refractivity contribution in [2.75, 3.05) is 12.4 Å². The number of nitrogens with one attached hydrogen (secondary N) is 1. The van der Waals surface area contributed by atoms with Gasteiger partial charge in [0, 0.05) is 22.5 Å². The Morgan fingerprint density at radius 2 is 2.11 bits per heavy atom. The van der Waals surface area contributed by atoms with Crippen molar-refractivity contribution in [1.29, 1.82) is 0 Å². The molecule has 2 unspecified atom stereocenters. The highest BCUT2D eigenvalue weighted by Gasteiger charge is 2.47. The minimum atomic E-state index is -0.241. The zero-order valence-corrected chi connectivity index (χ0v) is 12.0. The van der Waals surface area contributed by atoms with Gasteiger partial charge in [-0.3, -0.25) is 0 Å². The van der Waals surface area contributed by atoms with E-state index in [0.717, 1.165) is 23.4 Å². The Labute approximate surface area is 113 Å². The molecule has 1 fully saturated rings. The van der Waals surface area contributed by atoms with Gasteiger partial charge in [-0.25, -0.2) is 0 Å². The van der Waals surface area contributed by atoms with Gasteiger partial charge in [0.15, 0.2) is 0 Å². The van der Waals surface area contributed by atoms with Crippen LogP contribution < -0.4 is 10.1 Å². The van der Waals surface area contributed by atoms with Crippen LogP contribution in [0, 0.1) is 12.3 Å². The van der Waals surface area contributed by atoms with Crippen LogP contribution in [0.3, 0.4) is 0 Å². The van der Waals surface area contributed by atoms with Gasteiger partial charge in [0.1, 0.15) is 5.75 Å². The molecule has 0 radical (unpaired) electrons. The van der Waals surface area contributed by atoms with E-state index >= 15 is 0 Å². The molecule has 3 nitrogen and oxygen atoms in total. The number of aliphatic hydroxyl groups is 1. The number of ether oxygens (including phenoxy) is 1. The van der Waals surface area contributed by atoms with E-state index in [2.05, 4.69) is 19.2 Å². The number of aryl methyl sites for hydroxylation is 1. The van der Waals surface area contributed by atoms with E-state index in [1.165, 1.54) is 0 Å². The smallest absolute Gasteiger partial charge is 0.143 e. The number of rotatable bonds is 3. The van der Waals surface area contributed by atoms with Crippen LogP contribution in [0.2, 0.25) is 5.02 Å². The Hall–Kier alpha value is -0.930. The maximum absolute atomic E-state index is 9.76. The maximum atomic E-state index is 9.76. The van der Waals surface area contributed by atoms with Crippen LogP contribution in [0.25, 0.3) is 0 Å².